The molecule has 0 aromatic carbocycles. The van der Waals surface area contributed by atoms with E-state index in [1.54, 1.807) is 13.3 Å². The Morgan fingerprint density at radius 2 is 2.20 bits per heavy atom. The van der Waals surface area contributed by atoms with Crippen LogP contribution in [0.5, 0.6) is 0 Å². The van der Waals surface area contributed by atoms with Crippen molar-refractivity contribution in [2.75, 3.05) is 7.11 Å². The first-order chi connectivity index (χ1) is 4.91. The van der Waals surface area contributed by atoms with Crippen molar-refractivity contribution in [2.45, 2.75) is 26.2 Å². The summed E-state index contributed by atoms with van der Waals surface area (Å²) in [5, 5.41) is 3.59. The van der Waals surface area contributed by atoms with Crippen LogP contribution < -0.4 is 0 Å². The molecule has 0 radical (unpaired) electrons. The monoisotopic (exact) mass is 141 g/mol. The molecule has 0 atom stereocenters. The van der Waals surface area contributed by atoms with Gasteiger partial charge in [0.2, 0.25) is 0 Å². The molecule has 0 spiro atoms. The molecule has 0 heterocycles. The van der Waals surface area contributed by atoms with Crippen molar-refractivity contribution >= 4 is 6.21 Å². The van der Waals surface area contributed by atoms with Gasteiger partial charge in [0.25, 0.3) is 0 Å². The molecule has 2 nitrogen and oxygen atoms in total. The van der Waals surface area contributed by atoms with E-state index in [0.29, 0.717) is 0 Å². The SMILES string of the molecule is CCCC=CCC=NOC. The molecule has 0 aliphatic carbocycles. The molecule has 0 bridgehead atoms. The number of hydrogen-bond donors (Lipinski definition) is 0. The van der Waals surface area contributed by atoms with Crippen molar-refractivity contribution in [1.82, 2.24) is 0 Å². The summed E-state index contributed by atoms with van der Waals surface area (Å²) in [5.74, 6) is 0. The zero-order valence-electron chi connectivity index (χ0n) is 6.71. The fourth-order valence-corrected chi connectivity index (χ4v) is 0.559. The highest BCUT2D eigenvalue weighted by Crippen LogP contribution is 1.89. The number of nitrogens with zero attached hydrogens (tertiary/aromatic N) is 1. The molecule has 0 unspecified atom stereocenters. The lowest BCUT2D eigenvalue weighted by molar-refractivity contribution is 0.215. The molecule has 2 heteroatoms. The van der Waals surface area contributed by atoms with Crippen LogP contribution in [0.25, 0.3) is 0 Å². The van der Waals surface area contributed by atoms with Gasteiger partial charge in [-0.25, -0.2) is 0 Å². The highest BCUT2D eigenvalue weighted by molar-refractivity contribution is 5.58. The molecule has 10 heavy (non-hydrogen) atoms. The predicted octanol–water partition coefficient (Wildman–Crippen LogP) is 2.37. The second kappa shape index (κ2) is 8.21. The third-order valence-electron chi connectivity index (χ3n) is 1.04. The Hall–Kier alpha value is -0.790. The molecular formula is C8H15NO. The molecule has 0 amide bonds. The molecule has 0 aliphatic rings. The van der Waals surface area contributed by atoms with Crippen LogP contribution in [0.2, 0.25) is 0 Å². The van der Waals surface area contributed by atoms with E-state index in [4.69, 9.17) is 0 Å². The molecule has 0 aromatic rings. The molecule has 0 rings (SSSR count). The summed E-state index contributed by atoms with van der Waals surface area (Å²) in [6.07, 6.45) is 9.21. The Kier molecular flexibility index (Phi) is 7.56. The second-order valence-corrected chi connectivity index (χ2v) is 1.97. The number of rotatable bonds is 5. The summed E-state index contributed by atoms with van der Waals surface area (Å²) in [4.78, 5) is 4.48. The maximum absolute atomic E-state index is 4.48. The van der Waals surface area contributed by atoms with Crippen LogP contribution in [-0.2, 0) is 4.84 Å². The molecule has 58 valence electrons. The number of hydrogen-bond acceptors (Lipinski definition) is 2. The van der Waals surface area contributed by atoms with Crippen molar-refractivity contribution in [3.63, 3.8) is 0 Å². The molecule has 0 fully saturated rings. The van der Waals surface area contributed by atoms with Gasteiger partial charge in [0.05, 0.1) is 0 Å². The van der Waals surface area contributed by atoms with E-state index in [9.17, 15) is 0 Å². The summed E-state index contributed by atoms with van der Waals surface area (Å²) in [7, 11) is 1.55. The lowest BCUT2D eigenvalue weighted by Gasteiger charge is -1.83. The van der Waals surface area contributed by atoms with Crippen LogP contribution in [0, 0.1) is 0 Å². The van der Waals surface area contributed by atoms with E-state index in [1.807, 2.05) is 0 Å². The Balaban J connectivity index is 3.09. The van der Waals surface area contributed by atoms with Gasteiger partial charge in [-0.15, -0.1) is 0 Å². The number of oxime groups is 1. The molecule has 0 aliphatic heterocycles. The first kappa shape index (κ1) is 9.21. The number of allylic oxidation sites excluding steroid dienone is 2. The van der Waals surface area contributed by atoms with E-state index in [2.05, 4.69) is 29.1 Å². The van der Waals surface area contributed by atoms with Gasteiger partial charge in [0.15, 0.2) is 0 Å². The molecule has 0 N–H and O–H groups in total. The predicted molar refractivity (Wildman–Crippen MR) is 44.2 cm³/mol. The third-order valence-corrected chi connectivity index (χ3v) is 1.04. The van der Waals surface area contributed by atoms with Crippen LogP contribution in [0.15, 0.2) is 17.3 Å². The van der Waals surface area contributed by atoms with Gasteiger partial charge < -0.3 is 4.84 Å². The van der Waals surface area contributed by atoms with Gasteiger partial charge in [0, 0.05) is 12.6 Å². The van der Waals surface area contributed by atoms with E-state index in [-0.39, 0.29) is 0 Å². The van der Waals surface area contributed by atoms with Crippen LogP contribution in [0.4, 0.5) is 0 Å². The zero-order valence-corrected chi connectivity index (χ0v) is 6.71. The van der Waals surface area contributed by atoms with Gasteiger partial charge in [-0.05, 0) is 6.42 Å². The van der Waals surface area contributed by atoms with Crippen LogP contribution in [0.1, 0.15) is 26.2 Å². The van der Waals surface area contributed by atoms with Gasteiger partial charge in [-0.3, -0.25) is 0 Å². The average Bonchev–Trinajstić information content (AvgIpc) is 1.97. The zero-order chi connectivity index (χ0) is 7.66. The summed E-state index contributed by atoms with van der Waals surface area (Å²) in [6, 6.07) is 0. The highest BCUT2D eigenvalue weighted by atomic mass is 16.6. The Morgan fingerprint density at radius 3 is 2.80 bits per heavy atom. The fraction of sp³-hybridized carbons (Fsp3) is 0.625. The highest BCUT2D eigenvalue weighted by Gasteiger charge is 1.72. The summed E-state index contributed by atoms with van der Waals surface area (Å²) < 4.78 is 0. The van der Waals surface area contributed by atoms with E-state index in [0.717, 1.165) is 12.8 Å². The van der Waals surface area contributed by atoms with Crippen molar-refractivity contribution in [3.05, 3.63) is 12.2 Å². The van der Waals surface area contributed by atoms with Crippen LogP contribution in [-0.4, -0.2) is 13.3 Å². The topological polar surface area (TPSA) is 21.6 Å². The first-order valence-corrected chi connectivity index (χ1v) is 3.61. The van der Waals surface area contributed by atoms with E-state index < -0.39 is 0 Å². The summed E-state index contributed by atoms with van der Waals surface area (Å²) >= 11 is 0. The third kappa shape index (κ3) is 7.21. The molecule has 0 saturated carbocycles. The minimum atomic E-state index is 0.869. The van der Waals surface area contributed by atoms with Crippen molar-refractivity contribution in [3.8, 4) is 0 Å². The lowest BCUT2D eigenvalue weighted by Crippen LogP contribution is -1.72. The smallest absolute Gasteiger partial charge is 0.106 e. The maximum atomic E-state index is 4.48. The Bertz CT molecular complexity index is 108. The second-order valence-electron chi connectivity index (χ2n) is 1.97. The van der Waals surface area contributed by atoms with E-state index >= 15 is 0 Å². The van der Waals surface area contributed by atoms with Gasteiger partial charge in [0.1, 0.15) is 7.11 Å². The molecule has 0 saturated heterocycles. The first-order valence-electron chi connectivity index (χ1n) is 3.61. The minimum absolute atomic E-state index is 0.869. The Morgan fingerprint density at radius 1 is 1.40 bits per heavy atom. The number of unbranched alkanes of at least 4 members (excludes halogenated alkanes) is 1. The maximum Gasteiger partial charge on any atom is 0.106 e. The van der Waals surface area contributed by atoms with Gasteiger partial charge >= 0.3 is 0 Å². The quantitative estimate of drug-likeness (QED) is 0.327. The largest absolute Gasteiger partial charge is 0.399 e. The van der Waals surface area contributed by atoms with Gasteiger partial charge in [-0.2, -0.15) is 0 Å². The standard InChI is InChI=1S/C8H15NO/c1-3-4-5-6-7-8-9-10-2/h5-6,8H,3-4,7H2,1-2H3. The fourth-order valence-electron chi connectivity index (χ4n) is 0.559. The minimum Gasteiger partial charge on any atom is -0.399 e. The molecular weight excluding hydrogens is 126 g/mol. The average molecular weight is 141 g/mol. The van der Waals surface area contributed by atoms with Crippen molar-refractivity contribution < 1.29 is 4.84 Å². The summed E-state index contributed by atoms with van der Waals surface area (Å²) in [5.41, 5.74) is 0. The normalized spacial score (nSPS) is 11.4. The Labute approximate surface area is 62.6 Å². The van der Waals surface area contributed by atoms with Crippen LogP contribution in [0.3, 0.4) is 0 Å². The van der Waals surface area contributed by atoms with Crippen molar-refractivity contribution in [1.29, 1.82) is 0 Å². The van der Waals surface area contributed by atoms with Crippen molar-refractivity contribution in [2.24, 2.45) is 5.16 Å². The van der Waals surface area contributed by atoms with Gasteiger partial charge in [-0.1, -0.05) is 30.7 Å². The van der Waals surface area contributed by atoms with E-state index in [1.165, 1.54) is 6.42 Å². The molecule has 0 aromatic heterocycles. The lowest BCUT2D eigenvalue weighted by atomic mass is 10.3. The summed E-state index contributed by atoms with van der Waals surface area (Å²) in [6.45, 7) is 2.16. The van der Waals surface area contributed by atoms with Crippen LogP contribution >= 0.6 is 0 Å².